The molecule has 22 heavy (non-hydrogen) atoms. The average molecular weight is 296 g/mol. The second-order valence-corrected chi connectivity index (χ2v) is 5.79. The van der Waals surface area contributed by atoms with Crippen LogP contribution in [-0.2, 0) is 4.79 Å². The normalized spacial score (nSPS) is 15.8. The van der Waals surface area contributed by atoms with E-state index >= 15 is 0 Å². The molecule has 0 spiro atoms. The third-order valence-electron chi connectivity index (χ3n) is 4.21. The number of piperidine rings is 1. The molecule has 2 aromatic carbocycles. The van der Waals surface area contributed by atoms with E-state index in [2.05, 4.69) is 5.32 Å². The fraction of sp³-hybridized carbons (Fsp3) is 0.333. The molecule has 1 saturated heterocycles. The summed E-state index contributed by atoms with van der Waals surface area (Å²) in [5.74, 6) is 0.0805. The van der Waals surface area contributed by atoms with Gasteiger partial charge in [-0.1, -0.05) is 36.4 Å². The molecule has 2 aromatic rings. The summed E-state index contributed by atoms with van der Waals surface area (Å²) in [7, 11) is 0. The van der Waals surface area contributed by atoms with Crippen molar-refractivity contribution in [3.05, 3.63) is 48.0 Å². The summed E-state index contributed by atoms with van der Waals surface area (Å²) in [6, 6.07) is 14.0. The lowest BCUT2D eigenvalue weighted by Gasteiger charge is -2.32. The number of fused-ring (bicyclic) bond motifs is 1. The Morgan fingerprint density at radius 1 is 1.05 bits per heavy atom. The highest BCUT2D eigenvalue weighted by molar-refractivity contribution is 6.07. The number of hydrogen-bond acceptors (Lipinski definition) is 2. The van der Waals surface area contributed by atoms with Gasteiger partial charge in [0.25, 0.3) is 5.91 Å². The van der Waals surface area contributed by atoms with Gasteiger partial charge < -0.3 is 10.2 Å². The van der Waals surface area contributed by atoms with Crippen molar-refractivity contribution >= 4 is 22.6 Å². The maximum absolute atomic E-state index is 12.8. The minimum Gasteiger partial charge on any atom is -0.353 e. The second-order valence-electron chi connectivity index (χ2n) is 5.79. The second kappa shape index (κ2) is 6.18. The van der Waals surface area contributed by atoms with E-state index in [9.17, 15) is 9.59 Å². The van der Waals surface area contributed by atoms with Crippen molar-refractivity contribution in [1.29, 1.82) is 0 Å². The van der Waals surface area contributed by atoms with Gasteiger partial charge in [-0.25, -0.2) is 0 Å². The number of carbonyl (C=O) groups excluding carboxylic acids is 2. The summed E-state index contributed by atoms with van der Waals surface area (Å²) in [6.45, 7) is 2.91. The van der Waals surface area contributed by atoms with E-state index < -0.39 is 0 Å². The number of amides is 2. The SMILES string of the molecule is CC(=O)NC1CCN(C(=O)c2cccc3ccccc23)CC1. The fourth-order valence-electron chi connectivity index (χ4n) is 3.10. The molecule has 2 amide bonds. The highest BCUT2D eigenvalue weighted by atomic mass is 16.2. The van der Waals surface area contributed by atoms with Crippen molar-refractivity contribution in [2.75, 3.05) is 13.1 Å². The molecule has 1 aliphatic heterocycles. The highest BCUT2D eigenvalue weighted by Crippen LogP contribution is 2.21. The van der Waals surface area contributed by atoms with Crippen LogP contribution in [-0.4, -0.2) is 35.8 Å². The Morgan fingerprint density at radius 3 is 2.45 bits per heavy atom. The van der Waals surface area contributed by atoms with Gasteiger partial charge in [-0.2, -0.15) is 0 Å². The zero-order valence-corrected chi connectivity index (χ0v) is 12.7. The number of nitrogens with zero attached hydrogens (tertiary/aromatic N) is 1. The third-order valence-corrected chi connectivity index (χ3v) is 4.21. The van der Waals surface area contributed by atoms with E-state index in [1.165, 1.54) is 6.92 Å². The third kappa shape index (κ3) is 2.96. The predicted molar refractivity (Wildman–Crippen MR) is 86.7 cm³/mol. The van der Waals surface area contributed by atoms with Crippen LogP contribution in [0, 0.1) is 0 Å². The van der Waals surface area contributed by atoms with E-state index in [0.29, 0.717) is 13.1 Å². The molecule has 0 aromatic heterocycles. The first-order valence-corrected chi connectivity index (χ1v) is 7.69. The van der Waals surface area contributed by atoms with Crippen molar-refractivity contribution < 1.29 is 9.59 Å². The van der Waals surface area contributed by atoms with Crippen LogP contribution < -0.4 is 5.32 Å². The van der Waals surface area contributed by atoms with E-state index in [1.807, 2.05) is 47.4 Å². The summed E-state index contributed by atoms with van der Waals surface area (Å²) in [5, 5.41) is 5.02. The Morgan fingerprint density at radius 2 is 1.73 bits per heavy atom. The summed E-state index contributed by atoms with van der Waals surface area (Å²) in [5.41, 5.74) is 0.760. The first-order valence-electron chi connectivity index (χ1n) is 7.69. The Bertz CT molecular complexity index is 698. The van der Waals surface area contributed by atoms with E-state index in [4.69, 9.17) is 0 Å². The minimum atomic E-state index is -0.00108. The molecule has 1 aliphatic rings. The summed E-state index contributed by atoms with van der Waals surface area (Å²) in [6.07, 6.45) is 1.63. The van der Waals surface area contributed by atoms with Crippen LogP contribution in [0.15, 0.2) is 42.5 Å². The molecule has 1 fully saturated rings. The average Bonchev–Trinajstić information content (AvgIpc) is 2.54. The molecule has 0 unspecified atom stereocenters. The largest absolute Gasteiger partial charge is 0.353 e. The van der Waals surface area contributed by atoms with Gasteiger partial charge >= 0.3 is 0 Å². The molecule has 4 heteroatoms. The van der Waals surface area contributed by atoms with Crippen LogP contribution in [0.1, 0.15) is 30.1 Å². The molecule has 1 N–H and O–H groups in total. The first-order chi connectivity index (χ1) is 10.6. The molecular weight excluding hydrogens is 276 g/mol. The maximum atomic E-state index is 12.8. The van der Waals surface area contributed by atoms with Crippen molar-refractivity contribution in [3.8, 4) is 0 Å². The zero-order valence-electron chi connectivity index (χ0n) is 12.7. The van der Waals surface area contributed by atoms with Crippen molar-refractivity contribution in [2.45, 2.75) is 25.8 Å². The van der Waals surface area contributed by atoms with Gasteiger partial charge in [0.2, 0.25) is 5.91 Å². The van der Waals surface area contributed by atoms with Gasteiger partial charge in [0.05, 0.1) is 0 Å². The number of likely N-dealkylation sites (tertiary alicyclic amines) is 1. The van der Waals surface area contributed by atoms with Crippen molar-refractivity contribution in [1.82, 2.24) is 10.2 Å². The van der Waals surface area contributed by atoms with Gasteiger partial charge in [0.1, 0.15) is 0 Å². The van der Waals surface area contributed by atoms with Gasteiger partial charge in [0, 0.05) is 31.6 Å². The van der Waals surface area contributed by atoms with E-state index in [0.717, 1.165) is 29.2 Å². The van der Waals surface area contributed by atoms with Crippen LogP contribution in [0.5, 0.6) is 0 Å². The Hall–Kier alpha value is -2.36. The molecule has 114 valence electrons. The summed E-state index contributed by atoms with van der Waals surface area (Å²) < 4.78 is 0. The van der Waals surface area contributed by atoms with Crippen molar-refractivity contribution in [2.24, 2.45) is 0 Å². The Kier molecular flexibility index (Phi) is 4.09. The van der Waals surface area contributed by atoms with Crippen molar-refractivity contribution in [3.63, 3.8) is 0 Å². The molecule has 0 aliphatic carbocycles. The predicted octanol–water partition coefficient (Wildman–Crippen LogP) is 2.58. The molecule has 0 atom stereocenters. The van der Waals surface area contributed by atoms with Crippen LogP contribution in [0.4, 0.5) is 0 Å². The standard InChI is InChI=1S/C18H20N2O2/c1-13(21)19-15-9-11-20(12-10-15)18(22)17-8-4-6-14-5-2-3-7-16(14)17/h2-8,15H,9-12H2,1H3,(H,19,21). The summed E-state index contributed by atoms with van der Waals surface area (Å²) in [4.78, 5) is 25.8. The quantitative estimate of drug-likeness (QED) is 0.926. The van der Waals surface area contributed by atoms with E-state index in [-0.39, 0.29) is 17.9 Å². The zero-order chi connectivity index (χ0) is 15.5. The molecule has 1 heterocycles. The lowest BCUT2D eigenvalue weighted by Crippen LogP contribution is -2.46. The maximum Gasteiger partial charge on any atom is 0.254 e. The number of benzene rings is 2. The molecule has 3 rings (SSSR count). The van der Waals surface area contributed by atoms with Crippen LogP contribution in [0.3, 0.4) is 0 Å². The molecule has 0 radical (unpaired) electrons. The Balaban J connectivity index is 1.76. The summed E-state index contributed by atoms with van der Waals surface area (Å²) >= 11 is 0. The van der Waals surface area contributed by atoms with Crippen LogP contribution in [0.25, 0.3) is 10.8 Å². The highest BCUT2D eigenvalue weighted by Gasteiger charge is 2.24. The number of carbonyl (C=O) groups is 2. The van der Waals surface area contributed by atoms with Crippen LogP contribution in [0.2, 0.25) is 0 Å². The Labute approximate surface area is 130 Å². The van der Waals surface area contributed by atoms with Gasteiger partial charge in [0.15, 0.2) is 0 Å². The lowest BCUT2D eigenvalue weighted by molar-refractivity contribution is -0.119. The van der Waals surface area contributed by atoms with E-state index in [1.54, 1.807) is 0 Å². The van der Waals surface area contributed by atoms with Crippen LogP contribution >= 0.6 is 0 Å². The minimum absolute atomic E-state index is 0.00108. The number of hydrogen-bond donors (Lipinski definition) is 1. The fourth-order valence-corrected chi connectivity index (χ4v) is 3.10. The number of nitrogens with one attached hydrogen (secondary N) is 1. The van der Waals surface area contributed by atoms with Gasteiger partial charge in [-0.15, -0.1) is 0 Å². The monoisotopic (exact) mass is 296 g/mol. The first kappa shape index (κ1) is 14.6. The smallest absolute Gasteiger partial charge is 0.254 e. The van der Waals surface area contributed by atoms with Gasteiger partial charge in [-0.05, 0) is 29.7 Å². The molecule has 4 nitrogen and oxygen atoms in total. The molecular formula is C18H20N2O2. The lowest BCUT2D eigenvalue weighted by atomic mass is 10.0. The number of rotatable bonds is 2. The topological polar surface area (TPSA) is 49.4 Å². The molecule has 0 bridgehead atoms. The van der Waals surface area contributed by atoms with Gasteiger partial charge in [-0.3, -0.25) is 9.59 Å². The molecule has 0 saturated carbocycles.